The molecule has 3 N–H and O–H groups in total. The molecule has 1 amide bonds. The SMILES string of the molecule is Cc1c(C(=O)N[C@@H](C)CN)nnn1-c1ccc2c(c1)OCCO2.Cl. The van der Waals surface area contributed by atoms with Crippen molar-refractivity contribution in [2.75, 3.05) is 19.8 Å². The van der Waals surface area contributed by atoms with E-state index >= 15 is 0 Å². The number of halogens is 1. The van der Waals surface area contributed by atoms with Crippen LogP contribution in [0.15, 0.2) is 18.2 Å². The fourth-order valence-corrected chi connectivity index (χ4v) is 2.30. The quantitative estimate of drug-likeness (QED) is 0.844. The number of amides is 1. The average Bonchev–Trinajstić information content (AvgIpc) is 2.96. The van der Waals surface area contributed by atoms with Crippen LogP contribution in [0.2, 0.25) is 0 Å². The number of carbonyl (C=O) groups excluding carboxylic acids is 1. The minimum Gasteiger partial charge on any atom is -0.486 e. The van der Waals surface area contributed by atoms with Crippen LogP contribution in [-0.2, 0) is 0 Å². The molecule has 3 rings (SSSR count). The summed E-state index contributed by atoms with van der Waals surface area (Å²) in [4.78, 5) is 12.2. The zero-order valence-electron chi connectivity index (χ0n) is 13.5. The van der Waals surface area contributed by atoms with Gasteiger partial charge in [-0.15, -0.1) is 17.5 Å². The summed E-state index contributed by atoms with van der Waals surface area (Å²) in [5.74, 6) is 1.07. The standard InChI is InChI=1S/C15H19N5O3.ClH/c1-9(8-16)17-15(21)14-10(2)20(19-18-14)11-3-4-12-13(7-11)23-6-5-22-12;/h3-4,7,9H,5-6,8,16H2,1-2H3,(H,17,21);1H/t9-;/m0./s1. The maximum Gasteiger partial charge on any atom is 0.274 e. The Balaban J connectivity index is 0.00000208. The Bertz CT molecular complexity index is 734. The molecule has 0 saturated heterocycles. The van der Waals surface area contributed by atoms with Crippen LogP contribution in [0.4, 0.5) is 0 Å². The monoisotopic (exact) mass is 353 g/mol. The molecule has 1 atom stereocenters. The van der Waals surface area contributed by atoms with E-state index in [0.717, 1.165) is 5.69 Å². The first-order chi connectivity index (χ1) is 11.1. The highest BCUT2D eigenvalue weighted by Gasteiger charge is 2.20. The van der Waals surface area contributed by atoms with E-state index in [1.165, 1.54) is 0 Å². The van der Waals surface area contributed by atoms with Gasteiger partial charge in [0.1, 0.15) is 13.2 Å². The number of aromatic nitrogens is 3. The maximum absolute atomic E-state index is 12.2. The fourth-order valence-electron chi connectivity index (χ4n) is 2.30. The molecule has 1 aliphatic heterocycles. The normalized spacial score (nSPS) is 13.8. The minimum atomic E-state index is -0.288. The zero-order chi connectivity index (χ0) is 16.4. The van der Waals surface area contributed by atoms with Crippen LogP contribution in [0, 0.1) is 6.92 Å². The van der Waals surface area contributed by atoms with Gasteiger partial charge in [-0.3, -0.25) is 4.79 Å². The molecule has 2 heterocycles. The number of nitrogens with one attached hydrogen (secondary N) is 1. The Morgan fingerprint density at radius 2 is 2.08 bits per heavy atom. The summed E-state index contributed by atoms with van der Waals surface area (Å²) < 4.78 is 12.7. The van der Waals surface area contributed by atoms with Gasteiger partial charge in [0.05, 0.1) is 11.4 Å². The maximum atomic E-state index is 12.2. The molecule has 0 spiro atoms. The largest absolute Gasteiger partial charge is 0.486 e. The Kier molecular flexibility index (Phi) is 5.63. The Labute approximate surface area is 145 Å². The van der Waals surface area contributed by atoms with Crippen LogP contribution in [0.5, 0.6) is 11.5 Å². The topological polar surface area (TPSA) is 104 Å². The summed E-state index contributed by atoms with van der Waals surface area (Å²) in [5, 5.41) is 10.8. The lowest BCUT2D eigenvalue weighted by Crippen LogP contribution is -2.38. The molecule has 24 heavy (non-hydrogen) atoms. The van der Waals surface area contributed by atoms with Crippen molar-refractivity contribution in [3.63, 3.8) is 0 Å². The first kappa shape index (κ1) is 18.0. The first-order valence-corrected chi connectivity index (χ1v) is 7.43. The average molecular weight is 354 g/mol. The van der Waals surface area contributed by atoms with Gasteiger partial charge in [0.25, 0.3) is 5.91 Å². The molecule has 0 fully saturated rings. The summed E-state index contributed by atoms with van der Waals surface area (Å²) in [6.45, 7) is 5.04. The van der Waals surface area contributed by atoms with Crippen LogP contribution in [-0.4, -0.2) is 46.7 Å². The molecule has 0 radical (unpaired) electrons. The van der Waals surface area contributed by atoms with Gasteiger partial charge in [-0.2, -0.15) is 0 Å². The molecule has 1 aromatic carbocycles. The van der Waals surface area contributed by atoms with Crippen molar-refractivity contribution < 1.29 is 14.3 Å². The van der Waals surface area contributed by atoms with Crippen LogP contribution >= 0.6 is 12.4 Å². The van der Waals surface area contributed by atoms with E-state index in [2.05, 4.69) is 15.6 Å². The van der Waals surface area contributed by atoms with E-state index in [1.807, 2.05) is 25.1 Å². The first-order valence-electron chi connectivity index (χ1n) is 7.43. The lowest BCUT2D eigenvalue weighted by atomic mass is 10.2. The Morgan fingerprint density at radius 3 is 2.79 bits per heavy atom. The predicted molar refractivity (Wildman–Crippen MR) is 90.3 cm³/mol. The summed E-state index contributed by atoms with van der Waals surface area (Å²) in [5.41, 5.74) is 7.19. The molecule has 0 saturated carbocycles. The minimum absolute atomic E-state index is 0. The van der Waals surface area contributed by atoms with Crippen molar-refractivity contribution in [2.45, 2.75) is 19.9 Å². The van der Waals surface area contributed by atoms with Crippen molar-refractivity contribution >= 4 is 18.3 Å². The van der Waals surface area contributed by atoms with Crippen molar-refractivity contribution in [3.8, 4) is 17.2 Å². The van der Waals surface area contributed by atoms with Crippen LogP contribution in [0.3, 0.4) is 0 Å². The van der Waals surface area contributed by atoms with E-state index in [9.17, 15) is 4.79 Å². The Morgan fingerprint density at radius 1 is 1.38 bits per heavy atom. The number of carbonyl (C=O) groups is 1. The smallest absolute Gasteiger partial charge is 0.274 e. The zero-order valence-corrected chi connectivity index (χ0v) is 14.3. The van der Waals surface area contributed by atoms with E-state index in [1.54, 1.807) is 11.6 Å². The van der Waals surface area contributed by atoms with Crippen LogP contribution in [0.1, 0.15) is 23.1 Å². The molecule has 130 valence electrons. The molecule has 8 nitrogen and oxygen atoms in total. The third kappa shape index (κ3) is 3.44. The molecule has 2 aromatic rings. The van der Waals surface area contributed by atoms with Crippen LogP contribution in [0.25, 0.3) is 5.69 Å². The number of hydrogen-bond donors (Lipinski definition) is 2. The molecular formula is C15H20ClN5O3. The Hall–Kier alpha value is -2.32. The third-order valence-corrected chi connectivity index (χ3v) is 3.61. The second-order valence-corrected chi connectivity index (χ2v) is 5.37. The van der Waals surface area contributed by atoms with Gasteiger partial charge in [-0.25, -0.2) is 4.68 Å². The van der Waals surface area contributed by atoms with Crippen molar-refractivity contribution in [1.29, 1.82) is 0 Å². The van der Waals surface area contributed by atoms with E-state index in [0.29, 0.717) is 37.0 Å². The summed E-state index contributed by atoms with van der Waals surface area (Å²) in [6.07, 6.45) is 0. The van der Waals surface area contributed by atoms with Gasteiger partial charge < -0.3 is 20.5 Å². The van der Waals surface area contributed by atoms with E-state index in [4.69, 9.17) is 15.2 Å². The van der Waals surface area contributed by atoms with E-state index in [-0.39, 0.29) is 30.0 Å². The number of rotatable bonds is 4. The highest BCUT2D eigenvalue weighted by atomic mass is 35.5. The highest BCUT2D eigenvalue weighted by molar-refractivity contribution is 5.93. The second kappa shape index (κ2) is 7.50. The lowest BCUT2D eigenvalue weighted by molar-refractivity contribution is 0.0935. The van der Waals surface area contributed by atoms with Crippen LogP contribution < -0.4 is 20.5 Å². The van der Waals surface area contributed by atoms with Gasteiger partial charge >= 0.3 is 0 Å². The second-order valence-electron chi connectivity index (χ2n) is 5.37. The number of nitrogens with zero attached hydrogens (tertiary/aromatic N) is 3. The summed E-state index contributed by atoms with van der Waals surface area (Å²) >= 11 is 0. The van der Waals surface area contributed by atoms with Gasteiger partial charge in [-0.05, 0) is 26.0 Å². The third-order valence-electron chi connectivity index (χ3n) is 3.61. The molecule has 0 aliphatic carbocycles. The highest BCUT2D eigenvalue weighted by Crippen LogP contribution is 2.32. The van der Waals surface area contributed by atoms with Gasteiger partial charge in [0, 0.05) is 18.7 Å². The molecule has 9 heteroatoms. The molecule has 1 aromatic heterocycles. The van der Waals surface area contributed by atoms with Crippen molar-refractivity contribution in [1.82, 2.24) is 20.3 Å². The molecule has 0 bridgehead atoms. The molecule has 0 unspecified atom stereocenters. The molecule has 1 aliphatic rings. The number of nitrogens with two attached hydrogens (primary N) is 1. The van der Waals surface area contributed by atoms with Crippen molar-refractivity contribution in [3.05, 3.63) is 29.6 Å². The molecular weight excluding hydrogens is 334 g/mol. The fraction of sp³-hybridized carbons (Fsp3) is 0.400. The number of benzene rings is 1. The van der Waals surface area contributed by atoms with E-state index < -0.39 is 0 Å². The predicted octanol–water partition coefficient (Wildman–Crippen LogP) is 0.846. The van der Waals surface area contributed by atoms with Gasteiger partial charge in [0.2, 0.25) is 0 Å². The summed E-state index contributed by atoms with van der Waals surface area (Å²) in [7, 11) is 0. The number of ether oxygens (including phenoxy) is 2. The number of hydrogen-bond acceptors (Lipinski definition) is 6. The number of fused-ring (bicyclic) bond motifs is 1. The van der Waals surface area contributed by atoms with Gasteiger partial charge in [-0.1, -0.05) is 5.21 Å². The van der Waals surface area contributed by atoms with Crippen molar-refractivity contribution in [2.24, 2.45) is 5.73 Å². The summed E-state index contributed by atoms with van der Waals surface area (Å²) in [6, 6.07) is 5.36. The van der Waals surface area contributed by atoms with Gasteiger partial charge in [0.15, 0.2) is 17.2 Å². The lowest BCUT2D eigenvalue weighted by Gasteiger charge is -2.18.